The molecular formula is C7H8F5NOS. The van der Waals surface area contributed by atoms with E-state index in [1.807, 2.05) is 0 Å². The first-order valence-electron chi connectivity index (χ1n) is 3.61. The Morgan fingerprint density at radius 3 is 2.07 bits per heavy atom. The van der Waals surface area contributed by atoms with Crippen molar-refractivity contribution in [3.8, 4) is 5.75 Å². The van der Waals surface area contributed by atoms with Crippen LogP contribution in [0.1, 0.15) is 0 Å². The molecule has 0 aliphatic carbocycles. The third kappa shape index (κ3) is 2.65. The molecule has 0 aliphatic rings. The third-order valence-corrected chi connectivity index (χ3v) is 2.80. The lowest BCUT2D eigenvalue weighted by molar-refractivity contribution is 0.361. The van der Waals surface area contributed by atoms with Crippen LogP contribution in [0.3, 0.4) is 0 Å². The standard InChI is InChI=1S/C7H8F5NOS/c1-14-7-4-5(2-3-6(7)13)15(8,9,10,11)12/h2-4H,13H2,1H3. The maximum absolute atomic E-state index is 12.3. The van der Waals surface area contributed by atoms with Crippen molar-refractivity contribution in [2.75, 3.05) is 12.8 Å². The van der Waals surface area contributed by atoms with Crippen LogP contribution < -0.4 is 10.5 Å². The van der Waals surface area contributed by atoms with E-state index in [-0.39, 0.29) is 17.8 Å². The number of nitrogens with two attached hydrogens (primary N) is 1. The lowest BCUT2D eigenvalue weighted by Crippen LogP contribution is -2.06. The molecule has 0 amide bonds. The second-order valence-electron chi connectivity index (χ2n) is 2.87. The Hall–Kier alpha value is -1.18. The van der Waals surface area contributed by atoms with Gasteiger partial charge in [0.2, 0.25) is 0 Å². The number of halogens is 5. The first kappa shape index (κ1) is 11.9. The molecule has 0 aromatic heterocycles. The van der Waals surface area contributed by atoms with E-state index < -0.39 is 20.9 Å². The Balaban J connectivity index is 3.44. The normalized spacial score (nSPS) is 16.7. The zero-order valence-electron chi connectivity index (χ0n) is 7.52. The van der Waals surface area contributed by atoms with Crippen molar-refractivity contribution in [3.05, 3.63) is 18.2 Å². The van der Waals surface area contributed by atoms with Gasteiger partial charge in [-0.15, -0.1) is 0 Å². The van der Waals surface area contributed by atoms with E-state index in [2.05, 4.69) is 4.74 Å². The van der Waals surface area contributed by atoms with Crippen molar-refractivity contribution < 1.29 is 24.2 Å². The van der Waals surface area contributed by atoms with Gasteiger partial charge in [-0.3, -0.25) is 0 Å². The topological polar surface area (TPSA) is 35.2 Å². The smallest absolute Gasteiger partial charge is 0.310 e. The highest BCUT2D eigenvalue weighted by molar-refractivity contribution is 8.45. The van der Waals surface area contributed by atoms with Gasteiger partial charge >= 0.3 is 10.2 Å². The van der Waals surface area contributed by atoms with Gasteiger partial charge in [-0.2, -0.15) is 0 Å². The summed E-state index contributed by atoms with van der Waals surface area (Å²) in [6.45, 7) is 0. The Kier molecular flexibility index (Phi) is 1.97. The van der Waals surface area contributed by atoms with Crippen LogP contribution in [0.2, 0.25) is 0 Å². The first-order valence-corrected chi connectivity index (χ1v) is 5.57. The maximum atomic E-state index is 12.3. The number of ether oxygens (including phenoxy) is 1. The van der Waals surface area contributed by atoms with Gasteiger partial charge in [0.1, 0.15) is 10.6 Å². The number of hydrogen-bond acceptors (Lipinski definition) is 2. The molecule has 8 heteroatoms. The molecule has 0 bridgehead atoms. The summed E-state index contributed by atoms with van der Waals surface area (Å²) in [5, 5.41) is 0. The summed E-state index contributed by atoms with van der Waals surface area (Å²) >= 11 is 0. The van der Waals surface area contributed by atoms with Gasteiger partial charge in [-0.25, -0.2) is 0 Å². The number of methoxy groups -OCH3 is 1. The molecule has 0 spiro atoms. The summed E-state index contributed by atoms with van der Waals surface area (Å²) in [5.41, 5.74) is 5.07. The number of nitrogen functional groups attached to an aromatic ring is 1. The predicted molar refractivity (Wildman–Crippen MR) is 48.8 cm³/mol. The van der Waals surface area contributed by atoms with Gasteiger partial charge in [0.15, 0.2) is 0 Å². The van der Waals surface area contributed by atoms with Crippen molar-refractivity contribution in [1.82, 2.24) is 0 Å². The molecule has 0 heterocycles. The minimum Gasteiger partial charge on any atom is -0.495 e. The quantitative estimate of drug-likeness (QED) is 0.636. The minimum absolute atomic E-state index is 0.136. The summed E-state index contributed by atoms with van der Waals surface area (Å²) in [7, 11) is -8.60. The monoisotopic (exact) mass is 249 g/mol. The third-order valence-electron chi connectivity index (χ3n) is 1.65. The van der Waals surface area contributed by atoms with Crippen LogP contribution in [0.5, 0.6) is 5.75 Å². The van der Waals surface area contributed by atoms with Crippen LogP contribution in [0.25, 0.3) is 0 Å². The summed E-state index contributed by atoms with van der Waals surface area (Å²) in [4.78, 5) is -2.01. The van der Waals surface area contributed by atoms with E-state index in [0.29, 0.717) is 0 Å². The largest absolute Gasteiger partial charge is 0.495 e. The Morgan fingerprint density at radius 1 is 1.13 bits per heavy atom. The van der Waals surface area contributed by atoms with Crippen molar-refractivity contribution in [1.29, 1.82) is 0 Å². The number of rotatable bonds is 2. The molecule has 0 fully saturated rings. The SMILES string of the molecule is COc1cc(S(F)(F)(F)(F)F)ccc1N. The second kappa shape index (κ2) is 2.49. The van der Waals surface area contributed by atoms with Crippen molar-refractivity contribution in [3.63, 3.8) is 0 Å². The van der Waals surface area contributed by atoms with Crippen LogP contribution in [-0.4, -0.2) is 7.11 Å². The lowest BCUT2D eigenvalue weighted by Gasteiger charge is -2.40. The van der Waals surface area contributed by atoms with Gasteiger partial charge in [0.05, 0.1) is 12.8 Å². The average Bonchev–Trinajstić information content (AvgIpc) is 2.00. The van der Waals surface area contributed by atoms with Crippen LogP contribution in [0.15, 0.2) is 23.1 Å². The maximum Gasteiger partial charge on any atom is 0.310 e. The molecule has 0 aliphatic heterocycles. The molecule has 0 unspecified atom stereocenters. The summed E-state index contributed by atoms with van der Waals surface area (Å²) in [6, 6.07) is 1.16. The van der Waals surface area contributed by atoms with Gasteiger partial charge in [-0.05, 0) is 12.1 Å². The number of anilines is 1. The molecule has 1 rings (SSSR count). The van der Waals surface area contributed by atoms with Crippen LogP contribution in [0.4, 0.5) is 25.1 Å². The molecule has 0 saturated heterocycles. The Morgan fingerprint density at radius 2 is 1.67 bits per heavy atom. The zero-order chi connectivity index (χ0) is 12.0. The van der Waals surface area contributed by atoms with Gasteiger partial charge < -0.3 is 10.5 Å². The molecule has 2 N–H and O–H groups in total. The van der Waals surface area contributed by atoms with Gasteiger partial charge in [0.25, 0.3) is 0 Å². The number of hydrogen-bond donors (Lipinski definition) is 1. The van der Waals surface area contributed by atoms with Crippen LogP contribution >= 0.6 is 10.2 Å². The summed E-state index contributed by atoms with van der Waals surface area (Å²) < 4.78 is 65.9. The van der Waals surface area contributed by atoms with Crippen molar-refractivity contribution in [2.45, 2.75) is 4.90 Å². The van der Waals surface area contributed by atoms with E-state index in [0.717, 1.165) is 13.2 Å². The Bertz CT molecular complexity index is 401. The average molecular weight is 249 g/mol. The van der Waals surface area contributed by atoms with E-state index >= 15 is 0 Å². The lowest BCUT2D eigenvalue weighted by atomic mass is 10.3. The second-order valence-corrected chi connectivity index (χ2v) is 5.28. The summed E-state index contributed by atoms with van der Waals surface area (Å²) in [6.07, 6.45) is 0. The van der Waals surface area contributed by atoms with Crippen LogP contribution in [-0.2, 0) is 0 Å². The highest BCUT2D eigenvalue weighted by Gasteiger charge is 2.65. The highest BCUT2D eigenvalue weighted by Crippen LogP contribution is 3.02. The molecule has 0 radical (unpaired) electrons. The zero-order valence-corrected chi connectivity index (χ0v) is 8.33. The van der Waals surface area contributed by atoms with E-state index in [9.17, 15) is 19.4 Å². The fourth-order valence-electron chi connectivity index (χ4n) is 0.931. The molecular weight excluding hydrogens is 241 g/mol. The van der Waals surface area contributed by atoms with Gasteiger partial charge in [-0.1, -0.05) is 19.4 Å². The molecule has 2 nitrogen and oxygen atoms in total. The van der Waals surface area contributed by atoms with E-state index in [1.54, 1.807) is 0 Å². The van der Waals surface area contributed by atoms with Crippen LogP contribution in [0, 0.1) is 0 Å². The molecule has 0 saturated carbocycles. The molecule has 1 aromatic carbocycles. The van der Waals surface area contributed by atoms with E-state index in [1.165, 1.54) is 0 Å². The number of benzene rings is 1. The van der Waals surface area contributed by atoms with Crippen molar-refractivity contribution >= 4 is 15.9 Å². The van der Waals surface area contributed by atoms with E-state index in [4.69, 9.17) is 5.73 Å². The fourth-order valence-corrected chi connectivity index (χ4v) is 1.59. The van der Waals surface area contributed by atoms with Crippen molar-refractivity contribution in [2.24, 2.45) is 0 Å². The Labute approximate surface area is 82.6 Å². The molecule has 15 heavy (non-hydrogen) atoms. The molecule has 88 valence electrons. The highest BCUT2D eigenvalue weighted by atomic mass is 32.5. The summed E-state index contributed by atoms with van der Waals surface area (Å²) in [5.74, 6) is -0.430. The fraction of sp³-hybridized carbons (Fsp3) is 0.143. The molecule has 0 atom stereocenters. The predicted octanol–water partition coefficient (Wildman–Crippen LogP) is 3.93. The minimum atomic E-state index is -9.64. The van der Waals surface area contributed by atoms with Gasteiger partial charge in [0, 0.05) is 6.07 Å². The first-order chi connectivity index (χ1) is 6.44. The molecule has 1 aromatic rings.